The van der Waals surface area contributed by atoms with Crippen molar-refractivity contribution in [1.29, 1.82) is 0 Å². The molecule has 2 amide bonds. The van der Waals surface area contributed by atoms with Gasteiger partial charge in [0.05, 0.1) is 18.9 Å². The van der Waals surface area contributed by atoms with E-state index < -0.39 is 5.91 Å². The summed E-state index contributed by atoms with van der Waals surface area (Å²) in [5.74, 6) is -0.180. The number of nitrogens with zero attached hydrogens (tertiary/aromatic N) is 1. The van der Waals surface area contributed by atoms with Gasteiger partial charge in [-0.15, -0.1) is 0 Å². The van der Waals surface area contributed by atoms with Crippen LogP contribution in [0.1, 0.15) is 39.4 Å². The lowest BCUT2D eigenvalue weighted by atomic mass is 10.2. The van der Waals surface area contributed by atoms with E-state index in [4.69, 9.17) is 9.47 Å². The van der Waals surface area contributed by atoms with E-state index in [0.29, 0.717) is 18.0 Å². The van der Waals surface area contributed by atoms with Crippen molar-refractivity contribution >= 4 is 17.5 Å². The number of hydrogen-bond donors (Lipinski definition) is 2. The van der Waals surface area contributed by atoms with E-state index in [1.54, 1.807) is 24.3 Å². The van der Waals surface area contributed by atoms with Gasteiger partial charge >= 0.3 is 0 Å². The Morgan fingerprint density at radius 2 is 2.00 bits per heavy atom. The molecule has 1 atom stereocenters. The second-order valence-electron chi connectivity index (χ2n) is 6.41. The predicted molar refractivity (Wildman–Crippen MR) is 101 cm³/mol. The van der Waals surface area contributed by atoms with Crippen LogP contribution in [0.5, 0.6) is 5.75 Å². The van der Waals surface area contributed by atoms with E-state index >= 15 is 0 Å². The molecule has 0 spiro atoms. The lowest BCUT2D eigenvalue weighted by molar-refractivity contribution is 0.0853. The van der Waals surface area contributed by atoms with E-state index in [0.717, 1.165) is 25.0 Å². The molecule has 7 nitrogen and oxygen atoms in total. The van der Waals surface area contributed by atoms with Crippen molar-refractivity contribution in [3.05, 3.63) is 53.3 Å². The normalized spacial score (nSPS) is 16.0. The summed E-state index contributed by atoms with van der Waals surface area (Å²) in [5, 5.41) is 5.59. The molecule has 1 unspecified atom stereocenters. The fraction of sp³-hybridized carbons (Fsp3) is 0.350. The molecule has 1 aromatic carbocycles. The first-order valence-corrected chi connectivity index (χ1v) is 8.89. The van der Waals surface area contributed by atoms with Crippen LogP contribution in [-0.4, -0.2) is 43.2 Å². The van der Waals surface area contributed by atoms with Gasteiger partial charge in [-0.1, -0.05) is 12.1 Å². The van der Waals surface area contributed by atoms with Crippen LogP contribution >= 0.6 is 0 Å². The topological polar surface area (TPSA) is 89.5 Å². The molecule has 1 aromatic heterocycles. The maximum Gasteiger partial charge on any atom is 0.274 e. The number of ether oxygens (including phenoxy) is 2. The zero-order chi connectivity index (χ0) is 19.2. The molecule has 0 saturated carbocycles. The standard InChI is InChI=1S/C20H23N3O4/c1-13-8-9-18(26-2)17(11-13)23-20(25)16-7-3-6-15(22-16)19(24)21-12-14-5-4-10-27-14/h3,6-9,11,14H,4-5,10,12H2,1-2H3,(H,21,24)(H,23,25). The highest BCUT2D eigenvalue weighted by molar-refractivity contribution is 6.04. The Bertz CT molecular complexity index is 832. The fourth-order valence-corrected chi connectivity index (χ4v) is 2.90. The highest BCUT2D eigenvalue weighted by Crippen LogP contribution is 2.25. The van der Waals surface area contributed by atoms with E-state index in [-0.39, 0.29) is 23.4 Å². The molecule has 142 valence electrons. The van der Waals surface area contributed by atoms with Gasteiger partial charge in [0.2, 0.25) is 0 Å². The lowest BCUT2D eigenvalue weighted by Crippen LogP contribution is -2.32. The fourth-order valence-electron chi connectivity index (χ4n) is 2.90. The van der Waals surface area contributed by atoms with Crippen molar-refractivity contribution in [1.82, 2.24) is 10.3 Å². The molecule has 1 saturated heterocycles. The number of benzene rings is 1. The molecule has 0 bridgehead atoms. The average molecular weight is 369 g/mol. The number of rotatable bonds is 6. The number of carbonyl (C=O) groups excluding carboxylic acids is 2. The highest BCUT2D eigenvalue weighted by atomic mass is 16.5. The Labute approximate surface area is 158 Å². The van der Waals surface area contributed by atoms with Gasteiger partial charge in [0.1, 0.15) is 17.1 Å². The van der Waals surface area contributed by atoms with Crippen LogP contribution in [-0.2, 0) is 4.74 Å². The predicted octanol–water partition coefficient (Wildman–Crippen LogP) is 2.56. The van der Waals surface area contributed by atoms with Gasteiger partial charge in [0.15, 0.2) is 0 Å². The number of methoxy groups -OCH3 is 1. The molecule has 1 aliphatic heterocycles. The zero-order valence-electron chi connectivity index (χ0n) is 15.5. The highest BCUT2D eigenvalue weighted by Gasteiger charge is 2.18. The quantitative estimate of drug-likeness (QED) is 0.817. The van der Waals surface area contributed by atoms with E-state index in [1.807, 2.05) is 19.1 Å². The molecule has 27 heavy (non-hydrogen) atoms. The first-order valence-electron chi connectivity index (χ1n) is 8.89. The van der Waals surface area contributed by atoms with E-state index in [9.17, 15) is 9.59 Å². The summed E-state index contributed by atoms with van der Waals surface area (Å²) in [5.41, 5.74) is 1.89. The van der Waals surface area contributed by atoms with Gasteiger partial charge in [-0.3, -0.25) is 9.59 Å². The molecule has 0 radical (unpaired) electrons. The number of aryl methyl sites for hydroxylation is 1. The van der Waals surface area contributed by atoms with Crippen LogP contribution in [0.4, 0.5) is 5.69 Å². The van der Waals surface area contributed by atoms with Crippen LogP contribution in [0, 0.1) is 6.92 Å². The molecule has 0 aliphatic carbocycles. The third kappa shape index (κ3) is 4.83. The molecule has 1 fully saturated rings. The minimum Gasteiger partial charge on any atom is -0.495 e. The second kappa shape index (κ2) is 8.64. The van der Waals surface area contributed by atoms with Crippen molar-refractivity contribution in [3.8, 4) is 5.75 Å². The van der Waals surface area contributed by atoms with E-state index in [2.05, 4.69) is 15.6 Å². The largest absolute Gasteiger partial charge is 0.495 e. The van der Waals surface area contributed by atoms with Crippen molar-refractivity contribution in [3.63, 3.8) is 0 Å². The maximum atomic E-state index is 12.6. The van der Waals surface area contributed by atoms with Gasteiger partial charge in [-0.25, -0.2) is 4.98 Å². The van der Waals surface area contributed by atoms with Crippen LogP contribution in [0.15, 0.2) is 36.4 Å². The first kappa shape index (κ1) is 18.8. The Morgan fingerprint density at radius 3 is 2.70 bits per heavy atom. The Morgan fingerprint density at radius 1 is 1.22 bits per heavy atom. The van der Waals surface area contributed by atoms with Gasteiger partial charge in [-0.2, -0.15) is 0 Å². The molecular weight excluding hydrogens is 346 g/mol. The lowest BCUT2D eigenvalue weighted by Gasteiger charge is -2.12. The molecule has 3 rings (SSSR count). The van der Waals surface area contributed by atoms with Crippen LogP contribution in [0.25, 0.3) is 0 Å². The summed E-state index contributed by atoms with van der Waals surface area (Å²) >= 11 is 0. The summed E-state index contributed by atoms with van der Waals surface area (Å²) in [6.07, 6.45) is 2.00. The number of pyridine rings is 1. The number of nitrogens with one attached hydrogen (secondary N) is 2. The van der Waals surface area contributed by atoms with Crippen LogP contribution < -0.4 is 15.4 Å². The minimum absolute atomic E-state index is 0.0502. The third-order valence-corrected chi connectivity index (χ3v) is 4.33. The first-order chi connectivity index (χ1) is 13.1. The Balaban J connectivity index is 1.68. The van der Waals surface area contributed by atoms with Crippen molar-refractivity contribution < 1.29 is 19.1 Å². The minimum atomic E-state index is -0.410. The van der Waals surface area contributed by atoms with Crippen molar-refractivity contribution in [2.75, 3.05) is 25.6 Å². The summed E-state index contributed by atoms with van der Waals surface area (Å²) in [7, 11) is 1.54. The van der Waals surface area contributed by atoms with Crippen LogP contribution in [0.2, 0.25) is 0 Å². The maximum absolute atomic E-state index is 12.6. The van der Waals surface area contributed by atoms with Crippen molar-refractivity contribution in [2.45, 2.75) is 25.9 Å². The zero-order valence-corrected chi connectivity index (χ0v) is 15.5. The van der Waals surface area contributed by atoms with Gasteiger partial charge < -0.3 is 20.1 Å². The summed E-state index contributed by atoms with van der Waals surface area (Å²) in [6, 6.07) is 10.3. The monoisotopic (exact) mass is 369 g/mol. The molecule has 2 aromatic rings. The summed E-state index contributed by atoms with van der Waals surface area (Å²) in [6.45, 7) is 3.10. The molecule has 2 N–H and O–H groups in total. The van der Waals surface area contributed by atoms with Gasteiger partial charge in [0, 0.05) is 13.2 Å². The summed E-state index contributed by atoms with van der Waals surface area (Å²) in [4.78, 5) is 29.0. The summed E-state index contributed by atoms with van der Waals surface area (Å²) < 4.78 is 10.8. The van der Waals surface area contributed by atoms with Gasteiger partial charge in [0.25, 0.3) is 11.8 Å². The molecule has 1 aliphatic rings. The third-order valence-electron chi connectivity index (χ3n) is 4.33. The molecular formula is C20H23N3O4. The van der Waals surface area contributed by atoms with Crippen LogP contribution in [0.3, 0.4) is 0 Å². The number of amides is 2. The van der Waals surface area contributed by atoms with Gasteiger partial charge in [-0.05, 0) is 49.6 Å². The Hall–Kier alpha value is -2.93. The molecule has 7 heteroatoms. The smallest absolute Gasteiger partial charge is 0.274 e. The SMILES string of the molecule is COc1ccc(C)cc1NC(=O)c1cccc(C(=O)NCC2CCCO2)n1. The Kier molecular flexibility index (Phi) is 6.03. The van der Waals surface area contributed by atoms with Crippen molar-refractivity contribution in [2.24, 2.45) is 0 Å². The second-order valence-corrected chi connectivity index (χ2v) is 6.41. The average Bonchev–Trinajstić information content (AvgIpc) is 3.20. The van der Waals surface area contributed by atoms with E-state index in [1.165, 1.54) is 7.11 Å². The number of hydrogen-bond acceptors (Lipinski definition) is 5. The number of aromatic nitrogens is 1. The number of anilines is 1. The number of carbonyl (C=O) groups is 2. The molecule has 2 heterocycles.